The number of fused-ring (bicyclic) bond motifs is 2. The van der Waals surface area contributed by atoms with Gasteiger partial charge in [0.15, 0.2) is 0 Å². The van der Waals surface area contributed by atoms with Crippen molar-refractivity contribution < 1.29 is 45.5 Å². The molecular formula is C29H27F6N5O4. The van der Waals surface area contributed by atoms with Gasteiger partial charge in [0.05, 0.1) is 28.3 Å². The summed E-state index contributed by atoms with van der Waals surface area (Å²) in [6.45, 7) is 4.93. The number of nitriles is 1. The Balaban J connectivity index is 1.58. The maximum absolute atomic E-state index is 13.8. The number of hydrogen-bond donors (Lipinski definition) is 3. The lowest BCUT2D eigenvalue weighted by Crippen LogP contribution is -2.53. The number of alkyl halides is 6. The van der Waals surface area contributed by atoms with Gasteiger partial charge in [-0.25, -0.2) is 0 Å². The zero-order valence-corrected chi connectivity index (χ0v) is 23.6. The van der Waals surface area contributed by atoms with Gasteiger partial charge in [-0.1, -0.05) is 39.0 Å². The van der Waals surface area contributed by atoms with Crippen LogP contribution in [0.15, 0.2) is 42.5 Å². The van der Waals surface area contributed by atoms with Gasteiger partial charge in [0.1, 0.15) is 12.1 Å². The van der Waals surface area contributed by atoms with Crippen molar-refractivity contribution in [3.8, 4) is 6.07 Å². The first-order chi connectivity index (χ1) is 20.3. The van der Waals surface area contributed by atoms with Gasteiger partial charge >= 0.3 is 24.2 Å². The minimum atomic E-state index is -5.31. The highest BCUT2D eigenvalue weighted by Gasteiger charge is 2.56. The van der Waals surface area contributed by atoms with E-state index in [1.165, 1.54) is 0 Å². The van der Waals surface area contributed by atoms with E-state index in [0.717, 1.165) is 4.90 Å². The highest BCUT2D eigenvalue weighted by molar-refractivity contribution is 6.40. The average Bonchev–Trinajstić information content (AvgIpc) is 3.43. The van der Waals surface area contributed by atoms with E-state index in [2.05, 4.69) is 10.6 Å². The molecule has 1 unspecified atom stereocenters. The summed E-state index contributed by atoms with van der Waals surface area (Å²) in [6.07, 6.45) is -10.5. The number of amides is 4. The fourth-order valence-corrected chi connectivity index (χ4v) is 5.47. The molecule has 2 aliphatic rings. The lowest BCUT2D eigenvalue weighted by atomic mass is 9.80. The molecule has 1 spiro atoms. The molecule has 44 heavy (non-hydrogen) atoms. The molecule has 0 bridgehead atoms. The number of carbonyl (C=O) groups is 4. The number of benzene rings is 2. The molecule has 2 aromatic rings. The Morgan fingerprint density at radius 3 is 2.30 bits per heavy atom. The van der Waals surface area contributed by atoms with E-state index in [-0.39, 0.29) is 25.5 Å². The van der Waals surface area contributed by atoms with Crippen molar-refractivity contribution in [2.45, 2.75) is 63.5 Å². The van der Waals surface area contributed by atoms with Crippen LogP contribution in [0, 0.1) is 16.7 Å². The minimum absolute atomic E-state index is 0.0388. The summed E-state index contributed by atoms with van der Waals surface area (Å²) in [4.78, 5) is 53.6. The highest BCUT2D eigenvalue weighted by atomic mass is 19.4. The molecule has 15 heteroatoms. The second kappa shape index (κ2) is 11.1. The van der Waals surface area contributed by atoms with Crippen molar-refractivity contribution in [2.24, 2.45) is 5.41 Å². The van der Waals surface area contributed by atoms with Gasteiger partial charge in [-0.2, -0.15) is 31.6 Å². The normalized spacial score (nSPS) is 20.5. The first-order valence-electron chi connectivity index (χ1n) is 13.3. The molecule has 234 valence electrons. The third-order valence-electron chi connectivity index (χ3n) is 7.44. The molecule has 1 saturated heterocycles. The number of para-hydroxylation sites is 1. The van der Waals surface area contributed by atoms with Crippen LogP contribution >= 0.6 is 0 Å². The van der Waals surface area contributed by atoms with E-state index < -0.39 is 75.7 Å². The quantitative estimate of drug-likeness (QED) is 0.339. The topological polar surface area (TPSA) is 131 Å². The van der Waals surface area contributed by atoms with Crippen LogP contribution in [0.2, 0.25) is 0 Å². The molecule has 3 N–H and O–H groups in total. The second-order valence-electron chi connectivity index (χ2n) is 11.9. The van der Waals surface area contributed by atoms with Gasteiger partial charge in [0, 0.05) is 18.7 Å². The molecule has 0 saturated carbocycles. The standard InChI is InChI=1S/C29H27F6N5O4/c1-26(2,3)12-21(24(43)40-14-27(11-16(40)13-36)17-6-4-5-7-19(17)39-25(27)44)38-23(42)22(41)37-20-9-8-15(28(30,31)32)10-18(20)29(33,34)35/h4-10,16,21H,11-12,14H2,1-3H3,(H,37,41)(H,38,42)(H,39,44)/t16?,21-,27-/m0/s1. The molecule has 0 aromatic heterocycles. The molecule has 4 rings (SSSR count). The average molecular weight is 624 g/mol. The first-order valence-corrected chi connectivity index (χ1v) is 13.3. The van der Waals surface area contributed by atoms with Crippen molar-refractivity contribution >= 4 is 35.0 Å². The number of likely N-dealkylation sites (tertiary alicyclic amines) is 1. The minimum Gasteiger partial charge on any atom is -0.336 e. The van der Waals surface area contributed by atoms with E-state index in [4.69, 9.17) is 0 Å². The van der Waals surface area contributed by atoms with Gasteiger partial charge < -0.3 is 20.9 Å². The van der Waals surface area contributed by atoms with Crippen LogP contribution in [-0.4, -0.2) is 47.2 Å². The molecule has 4 amide bonds. The van der Waals surface area contributed by atoms with Crippen LogP contribution in [0.3, 0.4) is 0 Å². The second-order valence-corrected chi connectivity index (χ2v) is 11.9. The zero-order chi connectivity index (χ0) is 32.8. The Bertz CT molecular complexity index is 1560. The highest BCUT2D eigenvalue weighted by Crippen LogP contribution is 2.46. The van der Waals surface area contributed by atoms with Crippen LogP contribution in [0.25, 0.3) is 0 Å². The summed E-state index contributed by atoms with van der Waals surface area (Å²) in [5, 5.41) is 16.5. The number of nitrogens with zero attached hydrogens (tertiary/aromatic N) is 2. The Hall–Kier alpha value is -4.61. The Morgan fingerprint density at radius 2 is 1.70 bits per heavy atom. The summed E-state index contributed by atoms with van der Waals surface area (Å²) in [5.41, 5.74) is -5.31. The monoisotopic (exact) mass is 623 g/mol. The van der Waals surface area contributed by atoms with Gasteiger partial charge in [-0.15, -0.1) is 0 Å². The van der Waals surface area contributed by atoms with Crippen LogP contribution in [0.5, 0.6) is 0 Å². The van der Waals surface area contributed by atoms with E-state index in [9.17, 15) is 50.8 Å². The van der Waals surface area contributed by atoms with Crippen LogP contribution in [-0.2, 0) is 36.9 Å². The smallest absolute Gasteiger partial charge is 0.336 e. The van der Waals surface area contributed by atoms with Gasteiger partial charge in [-0.05, 0) is 41.7 Å². The van der Waals surface area contributed by atoms with Crippen LogP contribution in [0.4, 0.5) is 37.7 Å². The summed E-state index contributed by atoms with van der Waals surface area (Å²) in [7, 11) is 0. The molecule has 0 aliphatic carbocycles. The first kappa shape index (κ1) is 32.3. The number of anilines is 2. The number of rotatable bonds is 4. The van der Waals surface area contributed by atoms with E-state index >= 15 is 0 Å². The van der Waals surface area contributed by atoms with E-state index in [1.54, 1.807) is 50.4 Å². The fourth-order valence-electron chi connectivity index (χ4n) is 5.47. The Kier molecular flexibility index (Phi) is 8.18. The maximum atomic E-state index is 13.8. The number of halogens is 6. The zero-order valence-electron chi connectivity index (χ0n) is 23.6. The lowest BCUT2D eigenvalue weighted by Gasteiger charge is -2.31. The molecule has 1 fully saturated rings. The fraction of sp³-hybridized carbons (Fsp3) is 0.414. The Morgan fingerprint density at radius 1 is 1.05 bits per heavy atom. The largest absolute Gasteiger partial charge is 0.418 e. The third kappa shape index (κ3) is 6.34. The molecular weight excluding hydrogens is 596 g/mol. The van der Waals surface area contributed by atoms with Crippen molar-refractivity contribution in [3.63, 3.8) is 0 Å². The summed E-state index contributed by atoms with van der Waals surface area (Å²) in [5.74, 6) is -4.41. The molecule has 2 aliphatic heterocycles. The van der Waals surface area contributed by atoms with Crippen LogP contribution in [0.1, 0.15) is 50.3 Å². The van der Waals surface area contributed by atoms with Crippen molar-refractivity contribution in [1.82, 2.24) is 10.2 Å². The number of carbonyl (C=O) groups excluding carboxylic acids is 4. The predicted molar refractivity (Wildman–Crippen MR) is 144 cm³/mol. The van der Waals surface area contributed by atoms with Crippen molar-refractivity contribution in [2.75, 3.05) is 17.2 Å². The van der Waals surface area contributed by atoms with Gasteiger partial charge in [0.25, 0.3) is 0 Å². The summed E-state index contributed by atoms with van der Waals surface area (Å²) < 4.78 is 79.6. The SMILES string of the molecule is CC(C)(C)C[C@H](NC(=O)C(=O)Nc1ccc(C(F)(F)F)cc1C(F)(F)F)C(=O)N1C[C@]2(CC1C#N)C(=O)Nc1ccccc12. The third-order valence-corrected chi connectivity index (χ3v) is 7.44. The van der Waals surface area contributed by atoms with E-state index in [1.807, 2.05) is 6.07 Å². The summed E-state index contributed by atoms with van der Waals surface area (Å²) >= 11 is 0. The van der Waals surface area contributed by atoms with Crippen molar-refractivity contribution in [3.05, 3.63) is 59.2 Å². The van der Waals surface area contributed by atoms with Gasteiger partial charge in [-0.3, -0.25) is 19.2 Å². The molecule has 9 nitrogen and oxygen atoms in total. The molecule has 0 radical (unpaired) electrons. The molecule has 2 heterocycles. The molecule has 2 aromatic carbocycles. The van der Waals surface area contributed by atoms with E-state index in [0.29, 0.717) is 23.4 Å². The number of hydrogen-bond acceptors (Lipinski definition) is 5. The van der Waals surface area contributed by atoms with Crippen LogP contribution < -0.4 is 16.0 Å². The maximum Gasteiger partial charge on any atom is 0.418 e. The Labute approximate surface area is 247 Å². The van der Waals surface area contributed by atoms with Crippen molar-refractivity contribution in [1.29, 1.82) is 5.26 Å². The predicted octanol–water partition coefficient (Wildman–Crippen LogP) is 4.60. The lowest BCUT2D eigenvalue weighted by molar-refractivity contribution is -0.143. The summed E-state index contributed by atoms with van der Waals surface area (Å²) in [6, 6.07) is 6.75. The number of nitrogens with one attached hydrogen (secondary N) is 3. The molecule has 3 atom stereocenters. The van der Waals surface area contributed by atoms with Gasteiger partial charge in [0.2, 0.25) is 11.8 Å².